The van der Waals surface area contributed by atoms with Gasteiger partial charge in [-0.15, -0.1) is 0 Å². The third-order valence-electron chi connectivity index (χ3n) is 4.91. The largest absolute Gasteiger partial charge is 0.468 e. The molecule has 6 heteroatoms. The summed E-state index contributed by atoms with van der Waals surface area (Å²) in [5, 5.41) is 2.89. The first-order chi connectivity index (χ1) is 13.8. The molecule has 3 aromatic rings. The Hall–Kier alpha value is -3.12. The van der Waals surface area contributed by atoms with Gasteiger partial charge in [-0.1, -0.05) is 18.2 Å². The third kappa shape index (κ3) is 4.58. The molecule has 144 valence electrons. The standard InChI is InChI=1S/C22H24N4O2/c27-22(18-6-2-1-3-7-18)24-19-9-10-21(23-16-19)26-12-5-11-25(13-14-26)17-20-8-4-15-28-20/h1-4,6-10,15-16H,5,11-14,17H2,(H,24,27). The van der Waals surface area contributed by atoms with Crippen LogP contribution >= 0.6 is 0 Å². The lowest BCUT2D eigenvalue weighted by molar-refractivity contribution is 0.102. The van der Waals surface area contributed by atoms with Gasteiger partial charge < -0.3 is 14.6 Å². The van der Waals surface area contributed by atoms with Gasteiger partial charge in [0.25, 0.3) is 5.91 Å². The topological polar surface area (TPSA) is 61.6 Å². The van der Waals surface area contributed by atoms with Gasteiger partial charge in [-0.2, -0.15) is 0 Å². The van der Waals surface area contributed by atoms with Crippen LogP contribution < -0.4 is 10.2 Å². The predicted molar refractivity (Wildman–Crippen MR) is 109 cm³/mol. The average molecular weight is 376 g/mol. The Morgan fingerprint density at radius 1 is 1.00 bits per heavy atom. The van der Waals surface area contributed by atoms with Crippen LogP contribution in [0.25, 0.3) is 0 Å². The van der Waals surface area contributed by atoms with Crippen molar-refractivity contribution in [1.82, 2.24) is 9.88 Å². The molecule has 2 aromatic heterocycles. The molecule has 1 aromatic carbocycles. The Bertz CT molecular complexity index is 879. The molecule has 3 heterocycles. The van der Waals surface area contributed by atoms with Gasteiger partial charge in [0.2, 0.25) is 0 Å². The Balaban J connectivity index is 1.34. The molecule has 6 nitrogen and oxygen atoms in total. The third-order valence-corrected chi connectivity index (χ3v) is 4.91. The van der Waals surface area contributed by atoms with Gasteiger partial charge in [0.05, 0.1) is 24.7 Å². The maximum absolute atomic E-state index is 12.3. The van der Waals surface area contributed by atoms with Crippen molar-refractivity contribution in [3.05, 3.63) is 78.4 Å². The molecule has 1 aliphatic heterocycles. The molecule has 1 fully saturated rings. The van der Waals surface area contributed by atoms with Crippen LogP contribution in [0.15, 0.2) is 71.5 Å². The maximum Gasteiger partial charge on any atom is 0.255 e. The first-order valence-electron chi connectivity index (χ1n) is 9.60. The lowest BCUT2D eigenvalue weighted by Gasteiger charge is -2.22. The van der Waals surface area contributed by atoms with Crippen LogP contribution in [0, 0.1) is 0 Å². The van der Waals surface area contributed by atoms with Gasteiger partial charge >= 0.3 is 0 Å². The highest BCUT2D eigenvalue weighted by Gasteiger charge is 2.17. The van der Waals surface area contributed by atoms with Crippen molar-refractivity contribution >= 4 is 17.4 Å². The first-order valence-corrected chi connectivity index (χ1v) is 9.60. The van der Waals surface area contributed by atoms with E-state index in [9.17, 15) is 4.79 Å². The van der Waals surface area contributed by atoms with E-state index in [-0.39, 0.29) is 5.91 Å². The van der Waals surface area contributed by atoms with E-state index in [1.54, 1.807) is 24.6 Å². The summed E-state index contributed by atoms with van der Waals surface area (Å²) < 4.78 is 5.46. The molecule has 0 spiro atoms. The quantitative estimate of drug-likeness (QED) is 0.737. The van der Waals surface area contributed by atoms with Crippen LogP contribution in [0.2, 0.25) is 0 Å². The molecule has 0 unspecified atom stereocenters. The van der Waals surface area contributed by atoms with Crippen molar-refractivity contribution < 1.29 is 9.21 Å². The summed E-state index contributed by atoms with van der Waals surface area (Å²) in [5.41, 5.74) is 1.34. The Labute approximate surface area is 164 Å². The van der Waals surface area contributed by atoms with E-state index in [1.165, 1.54) is 0 Å². The van der Waals surface area contributed by atoms with E-state index < -0.39 is 0 Å². The summed E-state index contributed by atoms with van der Waals surface area (Å²) in [7, 11) is 0. The van der Waals surface area contributed by atoms with E-state index in [2.05, 4.69) is 20.1 Å². The fourth-order valence-electron chi connectivity index (χ4n) is 3.42. The monoisotopic (exact) mass is 376 g/mol. The van der Waals surface area contributed by atoms with E-state index >= 15 is 0 Å². The number of carbonyl (C=O) groups excluding carboxylic acids is 1. The van der Waals surface area contributed by atoms with Gasteiger partial charge in [0, 0.05) is 31.7 Å². The van der Waals surface area contributed by atoms with Crippen molar-refractivity contribution in [2.45, 2.75) is 13.0 Å². The number of hydrogen-bond donors (Lipinski definition) is 1. The van der Waals surface area contributed by atoms with E-state index in [1.807, 2.05) is 42.5 Å². The van der Waals surface area contributed by atoms with Crippen LogP contribution in [0.5, 0.6) is 0 Å². The SMILES string of the molecule is O=C(Nc1ccc(N2CCCN(Cc3ccco3)CC2)nc1)c1ccccc1. The molecule has 4 rings (SSSR count). The summed E-state index contributed by atoms with van der Waals surface area (Å²) >= 11 is 0. The molecule has 0 aliphatic carbocycles. The zero-order chi connectivity index (χ0) is 19.2. The second-order valence-corrected chi connectivity index (χ2v) is 6.92. The van der Waals surface area contributed by atoms with Crippen molar-refractivity contribution in [2.24, 2.45) is 0 Å². The molecule has 1 saturated heterocycles. The Kier molecular flexibility index (Phi) is 5.68. The normalized spacial score (nSPS) is 15.2. The van der Waals surface area contributed by atoms with Crippen molar-refractivity contribution in [1.29, 1.82) is 0 Å². The van der Waals surface area contributed by atoms with Crippen LogP contribution in [0.1, 0.15) is 22.5 Å². The molecule has 1 amide bonds. The molecule has 1 N–H and O–H groups in total. The van der Waals surface area contributed by atoms with E-state index in [0.717, 1.165) is 50.7 Å². The number of nitrogens with one attached hydrogen (secondary N) is 1. The van der Waals surface area contributed by atoms with Crippen molar-refractivity contribution in [2.75, 3.05) is 36.4 Å². The second-order valence-electron chi connectivity index (χ2n) is 6.92. The highest BCUT2D eigenvalue weighted by molar-refractivity contribution is 6.04. The number of hydrogen-bond acceptors (Lipinski definition) is 5. The molecular formula is C22H24N4O2. The highest BCUT2D eigenvalue weighted by Crippen LogP contribution is 2.18. The number of pyridine rings is 1. The van der Waals surface area contributed by atoms with Crippen molar-refractivity contribution in [3.8, 4) is 0 Å². The number of anilines is 2. The van der Waals surface area contributed by atoms with Crippen LogP contribution in [-0.4, -0.2) is 42.0 Å². The van der Waals surface area contributed by atoms with E-state index in [4.69, 9.17) is 4.42 Å². The van der Waals surface area contributed by atoms with Gasteiger partial charge in [-0.3, -0.25) is 9.69 Å². The molecule has 28 heavy (non-hydrogen) atoms. The fourth-order valence-corrected chi connectivity index (χ4v) is 3.42. The summed E-state index contributed by atoms with van der Waals surface area (Å²) in [6.45, 7) is 4.75. The summed E-state index contributed by atoms with van der Waals surface area (Å²) in [6, 6.07) is 17.0. The number of aromatic nitrogens is 1. The summed E-state index contributed by atoms with van der Waals surface area (Å²) in [6.07, 6.45) is 4.53. The summed E-state index contributed by atoms with van der Waals surface area (Å²) in [5.74, 6) is 1.82. The molecular weight excluding hydrogens is 352 g/mol. The summed E-state index contributed by atoms with van der Waals surface area (Å²) in [4.78, 5) is 21.5. The predicted octanol–water partition coefficient (Wildman–Crippen LogP) is 3.64. The Morgan fingerprint density at radius 3 is 2.64 bits per heavy atom. The smallest absolute Gasteiger partial charge is 0.255 e. The number of nitrogens with zero attached hydrogens (tertiary/aromatic N) is 3. The zero-order valence-corrected chi connectivity index (χ0v) is 15.8. The molecule has 0 radical (unpaired) electrons. The van der Waals surface area contributed by atoms with Gasteiger partial charge in [-0.05, 0) is 42.8 Å². The maximum atomic E-state index is 12.3. The molecule has 0 saturated carbocycles. The number of carbonyl (C=O) groups is 1. The number of benzene rings is 1. The molecule has 0 atom stereocenters. The molecule has 1 aliphatic rings. The van der Waals surface area contributed by atoms with Gasteiger partial charge in [-0.25, -0.2) is 4.98 Å². The lowest BCUT2D eigenvalue weighted by atomic mass is 10.2. The van der Waals surface area contributed by atoms with E-state index in [0.29, 0.717) is 11.3 Å². The zero-order valence-electron chi connectivity index (χ0n) is 15.8. The fraction of sp³-hybridized carbons (Fsp3) is 0.273. The molecule has 0 bridgehead atoms. The number of furan rings is 1. The first kappa shape index (κ1) is 18.3. The minimum absolute atomic E-state index is 0.126. The van der Waals surface area contributed by atoms with Gasteiger partial charge in [0.15, 0.2) is 0 Å². The highest BCUT2D eigenvalue weighted by atomic mass is 16.3. The minimum atomic E-state index is -0.126. The van der Waals surface area contributed by atoms with Crippen LogP contribution in [0.4, 0.5) is 11.5 Å². The number of rotatable bonds is 5. The van der Waals surface area contributed by atoms with Gasteiger partial charge in [0.1, 0.15) is 11.6 Å². The Morgan fingerprint density at radius 2 is 1.89 bits per heavy atom. The average Bonchev–Trinajstić information content (AvgIpc) is 3.13. The number of amides is 1. The second kappa shape index (κ2) is 8.71. The lowest BCUT2D eigenvalue weighted by Crippen LogP contribution is -2.30. The van der Waals surface area contributed by atoms with Crippen LogP contribution in [0.3, 0.4) is 0 Å². The minimum Gasteiger partial charge on any atom is -0.468 e. The van der Waals surface area contributed by atoms with Crippen LogP contribution in [-0.2, 0) is 6.54 Å². The van der Waals surface area contributed by atoms with Crippen molar-refractivity contribution in [3.63, 3.8) is 0 Å².